The van der Waals surface area contributed by atoms with Crippen LogP contribution in [0.3, 0.4) is 0 Å². The van der Waals surface area contributed by atoms with E-state index in [0.29, 0.717) is 12.0 Å². The number of hydrogen-bond acceptors (Lipinski definition) is 3. The number of benzene rings is 5. The smallest absolute Gasteiger partial charge is 0.137 e. The number of aliphatic hydroxyl groups is 1. The highest BCUT2D eigenvalue weighted by Crippen LogP contribution is 2.37. The summed E-state index contributed by atoms with van der Waals surface area (Å²) in [5.74, 6) is 0.161. The molecule has 0 saturated heterocycles. The van der Waals surface area contributed by atoms with Gasteiger partial charge in [0.25, 0.3) is 0 Å². The summed E-state index contributed by atoms with van der Waals surface area (Å²) in [6.45, 7) is 0. The van der Waals surface area contributed by atoms with Crippen LogP contribution in [0.2, 0.25) is 0 Å². The lowest BCUT2D eigenvalue weighted by molar-refractivity contribution is 0.0528. The maximum atomic E-state index is 12.5. The Labute approximate surface area is 205 Å². The molecule has 5 aromatic carbocycles. The third-order valence-corrected chi connectivity index (χ3v) is 6.51. The molecule has 0 aromatic heterocycles. The summed E-state index contributed by atoms with van der Waals surface area (Å²) in [4.78, 5) is 4.99. The molecule has 0 radical (unpaired) electrons. The molecule has 0 unspecified atom stereocenters. The predicted molar refractivity (Wildman–Crippen MR) is 143 cm³/mol. The van der Waals surface area contributed by atoms with E-state index in [4.69, 9.17) is 4.99 Å². The van der Waals surface area contributed by atoms with Crippen molar-refractivity contribution in [2.24, 2.45) is 4.99 Å². The Morgan fingerprint density at radius 1 is 0.657 bits per heavy atom. The van der Waals surface area contributed by atoms with Crippen LogP contribution in [-0.4, -0.2) is 22.5 Å². The van der Waals surface area contributed by atoms with E-state index in [1.165, 1.54) is 0 Å². The van der Waals surface area contributed by atoms with E-state index in [-0.39, 0.29) is 5.75 Å². The van der Waals surface area contributed by atoms with Crippen LogP contribution in [-0.2, 0) is 12.0 Å². The standard InChI is InChI=1S/C32H27NO2/c34-30-21-20-25-14-10-11-19-28(25)29(30)23-33-31(22-24-12-4-1-5-13-24)32(35,26-15-6-2-7-16-26)27-17-8-3-9-18-27/h1-21,23,31,34-35H,22H2/t31-/m0/s1. The van der Waals surface area contributed by atoms with Gasteiger partial charge in [0.2, 0.25) is 0 Å². The van der Waals surface area contributed by atoms with Gasteiger partial charge in [0, 0.05) is 11.8 Å². The minimum absolute atomic E-state index is 0.161. The first-order chi connectivity index (χ1) is 17.2. The highest BCUT2D eigenvalue weighted by atomic mass is 16.3. The molecular weight excluding hydrogens is 430 g/mol. The van der Waals surface area contributed by atoms with Crippen LogP contribution in [0.4, 0.5) is 0 Å². The number of fused-ring (bicyclic) bond motifs is 1. The van der Waals surface area contributed by atoms with E-state index in [1.54, 1.807) is 12.3 Å². The molecule has 5 aromatic rings. The maximum Gasteiger partial charge on any atom is 0.137 e. The number of phenolic OH excluding ortho intramolecular Hbond substituents is 1. The summed E-state index contributed by atoms with van der Waals surface area (Å²) in [6.07, 6.45) is 2.23. The lowest BCUT2D eigenvalue weighted by atomic mass is 9.78. The topological polar surface area (TPSA) is 52.8 Å². The second kappa shape index (κ2) is 9.96. The molecule has 0 amide bonds. The Morgan fingerprint density at radius 3 is 1.83 bits per heavy atom. The van der Waals surface area contributed by atoms with E-state index in [0.717, 1.165) is 27.5 Å². The normalized spacial score (nSPS) is 12.7. The molecule has 0 aliphatic carbocycles. The molecule has 3 heteroatoms. The van der Waals surface area contributed by atoms with Crippen molar-refractivity contribution in [1.82, 2.24) is 0 Å². The number of phenols is 1. The van der Waals surface area contributed by atoms with Gasteiger partial charge >= 0.3 is 0 Å². The van der Waals surface area contributed by atoms with Crippen LogP contribution in [0.5, 0.6) is 5.75 Å². The zero-order chi connectivity index (χ0) is 24.1. The van der Waals surface area contributed by atoms with Crippen molar-refractivity contribution in [1.29, 1.82) is 0 Å². The monoisotopic (exact) mass is 457 g/mol. The summed E-state index contributed by atoms with van der Waals surface area (Å²) in [5, 5.41) is 25.1. The fourth-order valence-corrected chi connectivity index (χ4v) is 4.67. The van der Waals surface area contributed by atoms with E-state index in [9.17, 15) is 10.2 Å². The third kappa shape index (κ3) is 4.59. The van der Waals surface area contributed by atoms with Crippen molar-refractivity contribution in [2.75, 3.05) is 0 Å². The van der Waals surface area contributed by atoms with E-state index in [2.05, 4.69) is 0 Å². The SMILES string of the molecule is Oc1ccc2ccccc2c1C=N[C@@H](Cc1ccccc1)C(O)(c1ccccc1)c1ccccc1. The van der Waals surface area contributed by atoms with Gasteiger partial charge in [-0.2, -0.15) is 0 Å². The lowest BCUT2D eigenvalue weighted by Gasteiger charge is -2.35. The number of rotatable bonds is 7. The Bertz CT molecular complexity index is 1390. The third-order valence-electron chi connectivity index (χ3n) is 6.51. The van der Waals surface area contributed by atoms with Crippen molar-refractivity contribution < 1.29 is 10.2 Å². The first-order valence-electron chi connectivity index (χ1n) is 11.8. The Balaban J connectivity index is 1.68. The van der Waals surface area contributed by atoms with Crippen LogP contribution < -0.4 is 0 Å². The minimum atomic E-state index is -1.38. The van der Waals surface area contributed by atoms with Crippen LogP contribution in [0.15, 0.2) is 132 Å². The zero-order valence-electron chi connectivity index (χ0n) is 19.3. The molecule has 0 bridgehead atoms. The second-order valence-corrected chi connectivity index (χ2v) is 8.70. The first kappa shape index (κ1) is 22.6. The van der Waals surface area contributed by atoms with Gasteiger partial charge in [-0.1, -0.05) is 121 Å². The second-order valence-electron chi connectivity index (χ2n) is 8.70. The molecule has 0 heterocycles. The average molecular weight is 458 g/mol. The van der Waals surface area contributed by atoms with Crippen LogP contribution in [0.1, 0.15) is 22.3 Å². The van der Waals surface area contributed by atoms with Crippen LogP contribution >= 0.6 is 0 Å². The van der Waals surface area contributed by atoms with Crippen LogP contribution in [0, 0.1) is 0 Å². The largest absolute Gasteiger partial charge is 0.507 e. The molecule has 172 valence electrons. The molecule has 0 aliphatic rings. The highest BCUT2D eigenvalue weighted by molar-refractivity contribution is 6.02. The Hall–Kier alpha value is -4.21. The van der Waals surface area contributed by atoms with Gasteiger partial charge in [-0.15, -0.1) is 0 Å². The number of hydrogen-bond donors (Lipinski definition) is 2. The average Bonchev–Trinajstić information content (AvgIpc) is 2.93. The van der Waals surface area contributed by atoms with E-state index < -0.39 is 11.6 Å². The van der Waals surface area contributed by atoms with E-state index in [1.807, 2.05) is 121 Å². The molecule has 0 spiro atoms. The van der Waals surface area contributed by atoms with Crippen molar-refractivity contribution in [3.05, 3.63) is 150 Å². The Kier molecular flexibility index (Phi) is 6.42. The molecule has 1 atom stereocenters. The number of aliphatic imine (C=N–C) groups is 1. The van der Waals surface area contributed by atoms with Gasteiger partial charge < -0.3 is 10.2 Å². The van der Waals surface area contributed by atoms with Gasteiger partial charge in [-0.25, -0.2) is 0 Å². The predicted octanol–water partition coefficient (Wildman–Crippen LogP) is 6.51. The van der Waals surface area contributed by atoms with Gasteiger partial charge in [0.05, 0.1) is 6.04 Å². The summed E-state index contributed by atoms with van der Waals surface area (Å²) >= 11 is 0. The lowest BCUT2D eigenvalue weighted by Crippen LogP contribution is -2.41. The number of nitrogens with zero attached hydrogens (tertiary/aromatic N) is 1. The Morgan fingerprint density at radius 2 is 1.20 bits per heavy atom. The molecular formula is C32H27NO2. The van der Waals surface area contributed by atoms with Crippen molar-refractivity contribution in [3.8, 4) is 5.75 Å². The van der Waals surface area contributed by atoms with Gasteiger partial charge in [-0.05, 0) is 39.9 Å². The summed E-state index contributed by atoms with van der Waals surface area (Å²) in [7, 11) is 0. The fraction of sp³-hybridized carbons (Fsp3) is 0.0938. The molecule has 0 fully saturated rings. The first-order valence-corrected chi connectivity index (χ1v) is 11.8. The van der Waals surface area contributed by atoms with Gasteiger partial charge in [0.15, 0.2) is 0 Å². The van der Waals surface area contributed by atoms with Crippen LogP contribution in [0.25, 0.3) is 10.8 Å². The summed E-state index contributed by atoms with van der Waals surface area (Å²) < 4.78 is 0. The molecule has 0 saturated carbocycles. The summed E-state index contributed by atoms with van der Waals surface area (Å²) in [6, 6.07) is 40.4. The van der Waals surface area contributed by atoms with Gasteiger partial charge in [0.1, 0.15) is 11.4 Å². The molecule has 5 rings (SSSR count). The highest BCUT2D eigenvalue weighted by Gasteiger charge is 2.40. The quantitative estimate of drug-likeness (QED) is 0.274. The molecule has 2 N–H and O–H groups in total. The molecule has 0 aliphatic heterocycles. The fourth-order valence-electron chi connectivity index (χ4n) is 4.67. The number of aromatic hydroxyl groups is 1. The maximum absolute atomic E-state index is 12.5. The van der Waals surface area contributed by atoms with E-state index >= 15 is 0 Å². The summed E-state index contributed by atoms with van der Waals surface area (Å²) in [5.41, 5.74) is 1.87. The van der Waals surface area contributed by atoms with Crippen molar-refractivity contribution in [2.45, 2.75) is 18.1 Å². The van der Waals surface area contributed by atoms with Crippen molar-refractivity contribution >= 4 is 17.0 Å². The molecule has 3 nitrogen and oxygen atoms in total. The minimum Gasteiger partial charge on any atom is -0.507 e. The molecule has 35 heavy (non-hydrogen) atoms. The van der Waals surface area contributed by atoms with Gasteiger partial charge in [-0.3, -0.25) is 4.99 Å². The zero-order valence-corrected chi connectivity index (χ0v) is 19.3. The van der Waals surface area contributed by atoms with Crippen molar-refractivity contribution in [3.63, 3.8) is 0 Å².